The Hall–Kier alpha value is -1.10. The zero-order valence-corrected chi connectivity index (χ0v) is 14.6. The van der Waals surface area contributed by atoms with Crippen LogP contribution in [0.25, 0.3) is 0 Å². The number of hydrogen-bond acceptors (Lipinski definition) is 3. The van der Waals surface area contributed by atoms with Crippen molar-refractivity contribution in [3.63, 3.8) is 0 Å². The standard InChI is InChI=1S/C18H28N2O2.ClH/c21-18(8-7-17-9-12-19-15-17)20-11-4-13-22-14-10-16-5-2-1-3-6-16;/h1-3,5-6,17,19H,4,7-15H2,(H,20,21);1H. The van der Waals surface area contributed by atoms with E-state index in [9.17, 15) is 4.79 Å². The second-order valence-corrected chi connectivity index (χ2v) is 5.95. The van der Waals surface area contributed by atoms with Gasteiger partial charge in [0.2, 0.25) is 5.91 Å². The molecule has 0 bridgehead atoms. The predicted octanol–water partition coefficient (Wildman–Crippen LogP) is 2.56. The Morgan fingerprint density at radius 3 is 2.83 bits per heavy atom. The van der Waals surface area contributed by atoms with Gasteiger partial charge in [0.15, 0.2) is 0 Å². The Labute approximate surface area is 145 Å². The smallest absolute Gasteiger partial charge is 0.220 e. The summed E-state index contributed by atoms with van der Waals surface area (Å²) in [5, 5.41) is 6.31. The van der Waals surface area contributed by atoms with Gasteiger partial charge < -0.3 is 15.4 Å². The molecule has 0 saturated carbocycles. The van der Waals surface area contributed by atoms with Crippen LogP contribution in [0.1, 0.15) is 31.2 Å². The highest BCUT2D eigenvalue weighted by molar-refractivity contribution is 5.85. The number of benzene rings is 1. The lowest BCUT2D eigenvalue weighted by atomic mass is 10.0. The number of ether oxygens (including phenoxy) is 1. The summed E-state index contributed by atoms with van der Waals surface area (Å²) >= 11 is 0. The van der Waals surface area contributed by atoms with E-state index >= 15 is 0 Å². The van der Waals surface area contributed by atoms with Gasteiger partial charge in [-0.05, 0) is 50.3 Å². The van der Waals surface area contributed by atoms with Crippen LogP contribution in [0.5, 0.6) is 0 Å². The van der Waals surface area contributed by atoms with E-state index in [4.69, 9.17) is 4.74 Å². The molecule has 0 aliphatic carbocycles. The highest BCUT2D eigenvalue weighted by Gasteiger charge is 2.15. The van der Waals surface area contributed by atoms with Crippen LogP contribution in [0.4, 0.5) is 0 Å². The Kier molecular flexibility index (Phi) is 10.7. The first-order valence-corrected chi connectivity index (χ1v) is 8.43. The molecule has 0 spiro atoms. The second kappa shape index (κ2) is 12.3. The second-order valence-electron chi connectivity index (χ2n) is 5.95. The van der Waals surface area contributed by atoms with Gasteiger partial charge >= 0.3 is 0 Å². The van der Waals surface area contributed by atoms with Crippen molar-refractivity contribution >= 4 is 18.3 Å². The van der Waals surface area contributed by atoms with Gasteiger partial charge in [-0.25, -0.2) is 0 Å². The SMILES string of the molecule is Cl.O=C(CCC1CCNC1)NCCCOCCc1ccccc1. The van der Waals surface area contributed by atoms with Gasteiger partial charge in [-0.1, -0.05) is 30.3 Å². The minimum absolute atomic E-state index is 0. The lowest BCUT2D eigenvalue weighted by Crippen LogP contribution is -2.25. The van der Waals surface area contributed by atoms with E-state index in [1.54, 1.807) is 0 Å². The number of carbonyl (C=O) groups excluding carboxylic acids is 1. The van der Waals surface area contributed by atoms with Crippen LogP contribution >= 0.6 is 12.4 Å². The molecule has 1 aromatic carbocycles. The zero-order valence-electron chi connectivity index (χ0n) is 13.8. The summed E-state index contributed by atoms with van der Waals surface area (Å²) in [6, 6.07) is 10.3. The number of halogens is 1. The molecule has 2 N–H and O–H groups in total. The van der Waals surface area contributed by atoms with Crippen LogP contribution in [0.3, 0.4) is 0 Å². The first kappa shape index (κ1) is 19.9. The maximum absolute atomic E-state index is 11.7. The van der Waals surface area contributed by atoms with Gasteiger partial charge in [0.1, 0.15) is 0 Å². The van der Waals surface area contributed by atoms with E-state index in [0.717, 1.165) is 39.0 Å². The molecule has 1 saturated heterocycles. The summed E-state index contributed by atoms with van der Waals surface area (Å²) in [5.41, 5.74) is 1.30. The molecule has 1 heterocycles. The third kappa shape index (κ3) is 8.94. The molecule has 4 nitrogen and oxygen atoms in total. The molecule has 1 aliphatic rings. The van der Waals surface area contributed by atoms with E-state index in [2.05, 4.69) is 22.8 Å². The Morgan fingerprint density at radius 2 is 2.09 bits per heavy atom. The number of hydrogen-bond donors (Lipinski definition) is 2. The average molecular weight is 341 g/mol. The van der Waals surface area contributed by atoms with Gasteiger partial charge in [-0.15, -0.1) is 12.4 Å². The molecule has 5 heteroatoms. The molecule has 0 radical (unpaired) electrons. The molecular formula is C18H29ClN2O2. The van der Waals surface area contributed by atoms with Crippen molar-refractivity contribution in [3.05, 3.63) is 35.9 Å². The number of nitrogens with one attached hydrogen (secondary N) is 2. The maximum Gasteiger partial charge on any atom is 0.220 e. The number of carbonyl (C=O) groups is 1. The third-order valence-electron chi connectivity index (χ3n) is 4.11. The topological polar surface area (TPSA) is 50.4 Å². The van der Waals surface area contributed by atoms with Crippen molar-refractivity contribution in [1.82, 2.24) is 10.6 Å². The number of amides is 1. The van der Waals surface area contributed by atoms with Crippen LogP contribution in [-0.2, 0) is 16.0 Å². The molecule has 0 aromatic heterocycles. The quantitative estimate of drug-likeness (QED) is 0.644. The van der Waals surface area contributed by atoms with Crippen molar-refractivity contribution in [2.45, 2.75) is 32.1 Å². The fraction of sp³-hybridized carbons (Fsp3) is 0.611. The molecule has 1 unspecified atom stereocenters. The minimum atomic E-state index is 0. The zero-order chi connectivity index (χ0) is 15.5. The summed E-state index contributed by atoms with van der Waals surface area (Å²) < 4.78 is 5.60. The van der Waals surface area contributed by atoms with E-state index in [1.165, 1.54) is 12.0 Å². The van der Waals surface area contributed by atoms with E-state index < -0.39 is 0 Å². The molecule has 23 heavy (non-hydrogen) atoms. The van der Waals surface area contributed by atoms with Crippen molar-refractivity contribution in [2.75, 3.05) is 32.8 Å². The van der Waals surface area contributed by atoms with Crippen molar-refractivity contribution in [1.29, 1.82) is 0 Å². The molecule has 130 valence electrons. The van der Waals surface area contributed by atoms with Gasteiger partial charge in [0.25, 0.3) is 0 Å². The summed E-state index contributed by atoms with van der Waals surface area (Å²) in [7, 11) is 0. The average Bonchev–Trinajstić information content (AvgIpc) is 3.06. The van der Waals surface area contributed by atoms with E-state index in [1.807, 2.05) is 18.2 Å². The van der Waals surface area contributed by atoms with Gasteiger partial charge in [-0.3, -0.25) is 4.79 Å². The lowest BCUT2D eigenvalue weighted by Gasteiger charge is -2.09. The first-order valence-electron chi connectivity index (χ1n) is 8.43. The molecule has 1 aliphatic heterocycles. The van der Waals surface area contributed by atoms with Crippen LogP contribution in [0.2, 0.25) is 0 Å². The molecule has 1 atom stereocenters. The summed E-state index contributed by atoms with van der Waals surface area (Å²) in [5.74, 6) is 0.864. The minimum Gasteiger partial charge on any atom is -0.381 e. The Morgan fingerprint density at radius 1 is 1.26 bits per heavy atom. The summed E-state index contributed by atoms with van der Waals surface area (Å²) in [6.45, 7) is 4.34. The fourth-order valence-electron chi connectivity index (χ4n) is 2.72. The summed E-state index contributed by atoms with van der Waals surface area (Å²) in [4.78, 5) is 11.7. The normalized spacial score (nSPS) is 16.8. The molecular weight excluding hydrogens is 312 g/mol. The third-order valence-corrected chi connectivity index (χ3v) is 4.11. The van der Waals surface area contributed by atoms with Gasteiger partial charge in [0.05, 0.1) is 6.61 Å². The summed E-state index contributed by atoms with van der Waals surface area (Å²) in [6.07, 6.45) is 4.70. The van der Waals surface area contributed by atoms with Crippen LogP contribution in [0.15, 0.2) is 30.3 Å². The van der Waals surface area contributed by atoms with E-state index in [-0.39, 0.29) is 18.3 Å². The van der Waals surface area contributed by atoms with Crippen LogP contribution in [0, 0.1) is 5.92 Å². The van der Waals surface area contributed by atoms with Gasteiger partial charge in [0, 0.05) is 19.6 Å². The fourth-order valence-corrected chi connectivity index (χ4v) is 2.72. The Bertz CT molecular complexity index is 422. The highest BCUT2D eigenvalue weighted by Crippen LogP contribution is 2.13. The molecule has 1 amide bonds. The molecule has 1 fully saturated rings. The van der Waals surface area contributed by atoms with Crippen LogP contribution in [-0.4, -0.2) is 38.8 Å². The van der Waals surface area contributed by atoms with Crippen molar-refractivity contribution < 1.29 is 9.53 Å². The first-order chi connectivity index (χ1) is 10.8. The Balaban J connectivity index is 0.00000264. The maximum atomic E-state index is 11.7. The largest absolute Gasteiger partial charge is 0.381 e. The molecule has 2 rings (SSSR count). The predicted molar refractivity (Wildman–Crippen MR) is 96.1 cm³/mol. The van der Waals surface area contributed by atoms with Crippen LogP contribution < -0.4 is 10.6 Å². The van der Waals surface area contributed by atoms with Crippen molar-refractivity contribution in [2.24, 2.45) is 5.92 Å². The van der Waals surface area contributed by atoms with Gasteiger partial charge in [-0.2, -0.15) is 0 Å². The lowest BCUT2D eigenvalue weighted by molar-refractivity contribution is -0.121. The number of rotatable bonds is 10. The van der Waals surface area contributed by atoms with E-state index in [0.29, 0.717) is 25.5 Å². The molecule has 1 aromatic rings. The highest BCUT2D eigenvalue weighted by atomic mass is 35.5. The monoisotopic (exact) mass is 340 g/mol. The van der Waals surface area contributed by atoms with Crippen molar-refractivity contribution in [3.8, 4) is 0 Å².